The zero-order valence-corrected chi connectivity index (χ0v) is 13.9. The SMILES string of the molecule is CCOc1cccc(OC2(CCNC(C)(C)C)CCC2)c1. The molecule has 0 spiro atoms. The van der Waals surface area contributed by atoms with Gasteiger partial charge in [-0.25, -0.2) is 0 Å². The lowest BCUT2D eigenvalue weighted by Gasteiger charge is -2.42. The molecule has 0 aliphatic heterocycles. The summed E-state index contributed by atoms with van der Waals surface area (Å²) in [6, 6.07) is 8.01. The Balaban J connectivity index is 1.93. The molecule has 2 rings (SSSR count). The molecule has 1 aromatic rings. The molecule has 0 amide bonds. The molecule has 0 unspecified atom stereocenters. The highest BCUT2D eigenvalue weighted by Crippen LogP contribution is 2.39. The van der Waals surface area contributed by atoms with Crippen LogP contribution in [0, 0.1) is 0 Å². The highest BCUT2D eigenvalue weighted by atomic mass is 16.5. The van der Waals surface area contributed by atoms with Crippen LogP contribution in [0.4, 0.5) is 0 Å². The minimum Gasteiger partial charge on any atom is -0.494 e. The highest BCUT2D eigenvalue weighted by Gasteiger charge is 2.39. The van der Waals surface area contributed by atoms with Crippen molar-refractivity contribution in [2.75, 3.05) is 13.2 Å². The van der Waals surface area contributed by atoms with Crippen molar-refractivity contribution >= 4 is 0 Å². The average Bonchev–Trinajstić information content (AvgIpc) is 2.35. The third-order valence-electron chi connectivity index (χ3n) is 3.95. The van der Waals surface area contributed by atoms with Gasteiger partial charge in [0.25, 0.3) is 0 Å². The summed E-state index contributed by atoms with van der Waals surface area (Å²) in [6.07, 6.45) is 4.62. The molecule has 0 heterocycles. The third kappa shape index (κ3) is 4.92. The minimum atomic E-state index is 0.0170. The van der Waals surface area contributed by atoms with E-state index in [4.69, 9.17) is 9.47 Å². The van der Waals surface area contributed by atoms with Crippen LogP contribution in [-0.2, 0) is 0 Å². The predicted octanol–water partition coefficient (Wildman–Crippen LogP) is 4.17. The van der Waals surface area contributed by atoms with Gasteiger partial charge in [-0.3, -0.25) is 0 Å². The molecule has 3 nitrogen and oxygen atoms in total. The number of nitrogens with one attached hydrogen (secondary N) is 1. The minimum absolute atomic E-state index is 0.0170. The van der Waals surface area contributed by atoms with Crippen LogP contribution in [0.5, 0.6) is 11.5 Å². The van der Waals surface area contributed by atoms with Gasteiger partial charge in [0.2, 0.25) is 0 Å². The standard InChI is InChI=1S/C18H29NO2/c1-5-20-15-8-6-9-16(14-15)21-18(10-7-11-18)12-13-19-17(2,3)4/h6,8-9,14,19H,5,7,10-13H2,1-4H3. The van der Waals surface area contributed by atoms with E-state index in [1.807, 2.05) is 31.2 Å². The highest BCUT2D eigenvalue weighted by molar-refractivity contribution is 5.33. The molecular weight excluding hydrogens is 262 g/mol. The van der Waals surface area contributed by atoms with Crippen molar-refractivity contribution in [2.24, 2.45) is 0 Å². The fourth-order valence-electron chi connectivity index (χ4n) is 2.68. The molecule has 21 heavy (non-hydrogen) atoms. The Kier molecular flexibility index (Phi) is 5.15. The molecule has 1 N–H and O–H groups in total. The van der Waals surface area contributed by atoms with E-state index in [1.54, 1.807) is 0 Å². The molecule has 0 atom stereocenters. The van der Waals surface area contributed by atoms with Gasteiger partial charge in [0, 0.05) is 11.6 Å². The maximum atomic E-state index is 6.32. The van der Waals surface area contributed by atoms with Gasteiger partial charge in [-0.1, -0.05) is 6.07 Å². The van der Waals surface area contributed by atoms with E-state index in [0.29, 0.717) is 6.61 Å². The van der Waals surface area contributed by atoms with E-state index in [1.165, 1.54) is 6.42 Å². The Labute approximate surface area is 129 Å². The van der Waals surface area contributed by atoms with Crippen molar-refractivity contribution in [3.05, 3.63) is 24.3 Å². The largest absolute Gasteiger partial charge is 0.494 e. The first-order valence-electron chi connectivity index (χ1n) is 8.09. The summed E-state index contributed by atoms with van der Waals surface area (Å²) in [6.45, 7) is 10.3. The summed E-state index contributed by atoms with van der Waals surface area (Å²) in [5.41, 5.74) is 0.183. The Morgan fingerprint density at radius 2 is 1.90 bits per heavy atom. The molecule has 118 valence electrons. The van der Waals surface area contributed by atoms with Gasteiger partial charge < -0.3 is 14.8 Å². The first kappa shape index (κ1) is 16.2. The second-order valence-electron chi connectivity index (χ2n) is 6.97. The molecule has 1 fully saturated rings. The quantitative estimate of drug-likeness (QED) is 0.818. The van der Waals surface area contributed by atoms with Gasteiger partial charge in [0.15, 0.2) is 0 Å². The van der Waals surface area contributed by atoms with E-state index in [0.717, 1.165) is 37.3 Å². The Bertz CT molecular complexity index is 447. The van der Waals surface area contributed by atoms with Crippen molar-refractivity contribution in [1.29, 1.82) is 0 Å². The maximum Gasteiger partial charge on any atom is 0.123 e. The molecule has 1 aliphatic carbocycles. The zero-order valence-electron chi connectivity index (χ0n) is 13.9. The summed E-state index contributed by atoms with van der Waals surface area (Å²) in [5, 5.41) is 3.56. The lowest BCUT2D eigenvalue weighted by atomic mass is 9.77. The number of hydrogen-bond acceptors (Lipinski definition) is 3. The Morgan fingerprint density at radius 3 is 2.48 bits per heavy atom. The first-order chi connectivity index (χ1) is 9.92. The van der Waals surface area contributed by atoms with Gasteiger partial charge in [0.1, 0.15) is 17.1 Å². The molecule has 3 heteroatoms. The third-order valence-corrected chi connectivity index (χ3v) is 3.95. The molecule has 0 saturated heterocycles. The smallest absolute Gasteiger partial charge is 0.123 e. The maximum absolute atomic E-state index is 6.32. The predicted molar refractivity (Wildman–Crippen MR) is 87.2 cm³/mol. The van der Waals surface area contributed by atoms with Crippen molar-refractivity contribution in [3.8, 4) is 11.5 Å². The van der Waals surface area contributed by atoms with Crippen molar-refractivity contribution in [2.45, 2.75) is 64.5 Å². The summed E-state index contributed by atoms with van der Waals surface area (Å²) >= 11 is 0. The number of ether oxygens (including phenoxy) is 2. The number of rotatable bonds is 7. The first-order valence-corrected chi connectivity index (χ1v) is 8.09. The fourth-order valence-corrected chi connectivity index (χ4v) is 2.68. The topological polar surface area (TPSA) is 30.5 Å². The van der Waals surface area contributed by atoms with Crippen LogP contribution >= 0.6 is 0 Å². The van der Waals surface area contributed by atoms with E-state index in [-0.39, 0.29) is 11.1 Å². The number of hydrogen-bond donors (Lipinski definition) is 1. The van der Waals surface area contributed by atoms with Gasteiger partial charge in [-0.2, -0.15) is 0 Å². The zero-order chi connectivity index (χ0) is 15.3. The summed E-state index contributed by atoms with van der Waals surface area (Å²) in [7, 11) is 0. The Hall–Kier alpha value is -1.22. The lowest BCUT2D eigenvalue weighted by Crippen LogP contribution is -2.47. The fraction of sp³-hybridized carbons (Fsp3) is 0.667. The van der Waals surface area contributed by atoms with Crippen molar-refractivity contribution < 1.29 is 9.47 Å². The van der Waals surface area contributed by atoms with Crippen LogP contribution in [0.1, 0.15) is 53.4 Å². The molecule has 1 aromatic carbocycles. The molecule has 0 aromatic heterocycles. The normalized spacial score (nSPS) is 17.1. The monoisotopic (exact) mass is 291 g/mol. The van der Waals surface area contributed by atoms with E-state index in [2.05, 4.69) is 26.1 Å². The van der Waals surface area contributed by atoms with Crippen molar-refractivity contribution in [1.82, 2.24) is 5.32 Å². The van der Waals surface area contributed by atoms with E-state index in [9.17, 15) is 0 Å². The van der Waals surface area contributed by atoms with Gasteiger partial charge in [-0.15, -0.1) is 0 Å². The van der Waals surface area contributed by atoms with Gasteiger partial charge >= 0.3 is 0 Å². The van der Waals surface area contributed by atoms with Crippen LogP contribution in [0.25, 0.3) is 0 Å². The second kappa shape index (κ2) is 6.69. The summed E-state index contributed by atoms with van der Waals surface area (Å²) in [4.78, 5) is 0. The molecule has 1 aliphatic rings. The van der Waals surface area contributed by atoms with Gasteiger partial charge in [-0.05, 0) is 72.1 Å². The molecule has 0 radical (unpaired) electrons. The van der Waals surface area contributed by atoms with Crippen molar-refractivity contribution in [3.63, 3.8) is 0 Å². The molecule has 0 bridgehead atoms. The molecular formula is C18H29NO2. The van der Waals surface area contributed by atoms with Crippen LogP contribution in [0.3, 0.4) is 0 Å². The van der Waals surface area contributed by atoms with Crippen LogP contribution in [0.15, 0.2) is 24.3 Å². The van der Waals surface area contributed by atoms with Crippen LogP contribution in [-0.4, -0.2) is 24.3 Å². The summed E-state index contributed by atoms with van der Waals surface area (Å²) in [5.74, 6) is 1.81. The molecule has 1 saturated carbocycles. The Morgan fingerprint density at radius 1 is 1.19 bits per heavy atom. The van der Waals surface area contributed by atoms with Crippen LogP contribution < -0.4 is 14.8 Å². The summed E-state index contributed by atoms with van der Waals surface area (Å²) < 4.78 is 11.9. The van der Waals surface area contributed by atoms with E-state index < -0.39 is 0 Å². The van der Waals surface area contributed by atoms with Crippen LogP contribution in [0.2, 0.25) is 0 Å². The second-order valence-corrected chi connectivity index (χ2v) is 6.97. The lowest BCUT2D eigenvalue weighted by molar-refractivity contribution is -0.0153. The van der Waals surface area contributed by atoms with E-state index >= 15 is 0 Å². The number of benzene rings is 1. The van der Waals surface area contributed by atoms with Gasteiger partial charge in [0.05, 0.1) is 6.61 Å². The average molecular weight is 291 g/mol.